The van der Waals surface area contributed by atoms with Crippen LogP contribution in [0.5, 0.6) is 0 Å². The van der Waals surface area contributed by atoms with E-state index in [4.69, 9.17) is 0 Å². The second-order valence-electron chi connectivity index (χ2n) is 10.3. The minimum absolute atomic E-state index is 0.269. The highest BCUT2D eigenvalue weighted by molar-refractivity contribution is 5.96. The quantitative estimate of drug-likeness (QED) is 0.593. The summed E-state index contributed by atoms with van der Waals surface area (Å²) in [5.74, 6) is 0.904. The SMILES string of the molecule is O=C(c1ccccc1CN1CCCCC1)N1C2CCC1CC(Cc1ccnc3[nH]ccc13)C2. The molecule has 5 nitrogen and oxygen atoms in total. The molecule has 3 aliphatic heterocycles. The van der Waals surface area contributed by atoms with Crippen molar-refractivity contribution in [1.29, 1.82) is 0 Å². The van der Waals surface area contributed by atoms with E-state index >= 15 is 0 Å². The molecule has 1 aromatic carbocycles. The molecule has 5 heteroatoms. The van der Waals surface area contributed by atoms with Gasteiger partial charge in [-0.1, -0.05) is 24.6 Å². The molecule has 172 valence electrons. The van der Waals surface area contributed by atoms with Gasteiger partial charge in [0.25, 0.3) is 5.91 Å². The number of pyridine rings is 1. The summed E-state index contributed by atoms with van der Waals surface area (Å²) in [7, 11) is 0. The number of benzene rings is 1. The lowest BCUT2D eigenvalue weighted by Gasteiger charge is -2.39. The molecule has 33 heavy (non-hydrogen) atoms. The van der Waals surface area contributed by atoms with E-state index in [-0.39, 0.29) is 5.91 Å². The lowest BCUT2D eigenvalue weighted by molar-refractivity contribution is 0.0522. The van der Waals surface area contributed by atoms with Crippen molar-refractivity contribution < 1.29 is 4.79 Å². The summed E-state index contributed by atoms with van der Waals surface area (Å²) in [6.45, 7) is 3.22. The Kier molecular flexibility index (Phi) is 5.67. The van der Waals surface area contributed by atoms with Crippen LogP contribution in [0.4, 0.5) is 0 Å². The maximum absolute atomic E-state index is 13.8. The smallest absolute Gasteiger partial charge is 0.254 e. The number of aromatic amines is 1. The Morgan fingerprint density at radius 3 is 2.58 bits per heavy atom. The van der Waals surface area contributed by atoms with Crippen LogP contribution in [0.1, 0.15) is 66.4 Å². The van der Waals surface area contributed by atoms with Crippen molar-refractivity contribution in [2.45, 2.75) is 70.0 Å². The Hall–Kier alpha value is -2.66. The average Bonchev–Trinajstić information content (AvgIpc) is 3.43. The van der Waals surface area contributed by atoms with Crippen LogP contribution >= 0.6 is 0 Å². The van der Waals surface area contributed by atoms with E-state index in [1.165, 1.54) is 35.8 Å². The maximum Gasteiger partial charge on any atom is 0.254 e. The first-order valence-electron chi connectivity index (χ1n) is 12.8. The molecule has 0 aliphatic carbocycles. The predicted octanol–water partition coefficient (Wildman–Crippen LogP) is 5.17. The van der Waals surface area contributed by atoms with Crippen molar-refractivity contribution in [3.63, 3.8) is 0 Å². The summed E-state index contributed by atoms with van der Waals surface area (Å²) in [5.41, 5.74) is 4.50. The number of likely N-dealkylation sites (tertiary alicyclic amines) is 1. The minimum atomic E-state index is 0.269. The monoisotopic (exact) mass is 442 g/mol. The van der Waals surface area contributed by atoms with Crippen LogP contribution in [-0.2, 0) is 13.0 Å². The molecule has 3 aromatic rings. The third kappa shape index (κ3) is 4.08. The molecule has 0 radical (unpaired) electrons. The second-order valence-corrected chi connectivity index (χ2v) is 10.3. The summed E-state index contributed by atoms with van der Waals surface area (Å²) in [6, 6.07) is 13.4. The first kappa shape index (κ1) is 20.9. The van der Waals surface area contributed by atoms with Gasteiger partial charge in [0.1, 0.15) is 5.65 Å². The summed E-state index contributed by atoms with van der Waals surface area (Å²) >= 11 is 0. The molecule has 2 unspecified atom stereocenters. The highest BCUT2D eigenvalue weighted by Crippen LogP contribution is 2.41. The minimum Gasteiger partial charge on any atom is -0.346 e. The lowest BCUT2D eigenvalue weighted by atomic mass is 9.85. The molecule has 3 saturated heterocycles. The van der Waals surface area contributed by atoms with Crippen molar-refractivity contribution in [2.24, 2.45) is 5.92 Å². The number of nitrogens with one attached hydrogen (secondary N) is 1. The van der Waals surface area contributed by atoms with E-state index in [0.29, 0.717) is 18.0 Å². The highest BCUT2D eigenvalue weighted by atomic mass is 16.2. The molecular formula is C28H34N4O. The Labute approximate surface area is 196 Å². The molecule has 1 amide bonds. The van der Waals surface area contributed by atoms with Gasteiger partial charge in [0.05, 0.1) is 0 Å². The molecule has 0 spiro atoms. The topological polar surface area (TPSA) is 52.2 Å². The van der Waals surface area contributed by atoms with E-state index in [1.807, 2.05) is 18.5 Å². The van der Waals surface area contributed by atoms with Gasteiger partial charge >= 0.3 is 0 Å². The number of aromatic nitrogens is 2. The van der Waals surface area contributed by atoms with Crippen LogP contribution in [0.15, 0.2) is 48.8 Å². The first-order chi connectivity index (χ1) is 16.3. The third-order valence-corrected chi connectivity index (χ3v) is 8.21. The zero-order valence-corrected chi connectivity index (χ0v) is 19.4. The van der Waals surface area contributed by atoms with E-state index in [2.05, 4.69) is 50.1 Å². The molecule has 1 N–H and O–H groups in total. The molecular weight excluding hydrogens is 408 g/mol. The van der Waals surface area contributed by atoms with Gasteiger partial charge in [-0.3, -0.25) is 9.69 Å². The fraction of sp³-hybridized carbons (Fsp3) is 0.500. The largest absolute Gasteiger partial charge is 0.346 e. The number of rotatable bonds is 5. The van der Waals surface area contributed by atoms with Crippen molar-refractivity contribution in [3.05, 3.63) is 65.5 Å². The Morgan fingerprint density at radius 2 is 1.76 bits per heavy atom. The zero-order chi connectivity index (χ0) is 22.2. The summed E-state index contributed by atoms with van der Waals surface area (Å²) in [4.78, 5) is 26.3. The Balaban J connectivity index is 1.18. The number of carbonyl (C=O) groups excluding carboxylic acids is 1. The average molecular weight is 443 g/mol. The Bertz CT molecular complexity index is 1120. The molecule has 2 atom stereocenters. The third-order valence-electron chi connectivity index (χ3n) is 8.21. The van der Waals surface area contributed by atoms with Gasteiger partial charge in [-0.15, -0.1) is 0 Å². The molecule has 3 fully saturated rings. The van der Waals surface area contributed by atoms with Crippen LogP contribution in [0.25, 0.3) is 11.0 Å². The summed E-state index contributed by atoms with van der Waals surface area (Å²) in [5, 5.41) is 1.25. The van der Waals surface area contributed by atoms with E-state index in [9.17, 15) is 4.79 Å². The maximum atomic E-state index is 13.8. The van der Waals surface area contributed by atoms with E-state index < -0.39 is 0 Å². The van der Waals surface area contributed by atoms with Gasteiger partial charge < -0.3 is 9.88 Å². The molecule has 2 aromatic heterocycles. The van der Waals surface area contributed by atoms with Crippen LogP contribution in [0.3, 0.4) is 0 Å². The number of fused-ring (bicyclic) bond motifs is 3. The van der Waals surface area contributed by atoms with Crippen molar-refractivity contribution in [2.75, 3.05) is 13.1 Å². The summed E-state index contributed by atoms with van der Waals surface area (Å²) in [6.07, 6.45) is 13.4. The van der Waals surface area contributed by atoms with E-state index in [0.717, 1.165) is 62.9 Å². The molecule has 2 bridgehead atoms. The van der Waals surface area contributed by atoms with Gasteiger partial charge in [-0.25, -0.2) is 4.98 Å². The zero-order valence-electron chi connectivity index (χ0n) is 19.4. The molecule has 5 heterocycles. The second kappa shape index (κ2) is 8.94. The summed E-state index contributed by atoms with van der Waals surface area (Å²) < 4.78 is 0. The number of hydrogen-bond donors (Lipinski definition) is 1. The highest BCUT2D eigenvalue weighted by Gasteiger charge is 2.43. The number of H-pyrrole nitrogens is 1. The van der Waals surface area contributed by atoms with Crippen molar-refractivity contribution in [3.8, 4) is 0 Å². The van der Waals surface area contributed by atoms with Crippen LogP contribution in [-0.4, -0.2) is 50.8 Å². The van der Waals surface area contributed by atoms with Crippen LogP contribution in [0, 0.1) is 5.92 Å². The van der Waals surface area contributed by atoms with Crippen LogP contribution < -0.4 is 0 Å². The Morgan fingerprint density at radius 1 is 0.970 bits per heavy atom. The molecule has 0 saturated carbocycles. The lowest BCUT2D eigenvalue weighted by Crippen LogP contribution is -2.47. The first-order valence-corrected chi connectivity index (χ1v) is 12.8. The van der Waals surface area contributed by atoms with Crippen molar-refractivity contribution >= 4 is 16.9 Å². The fourth-order valence-corrected chi connectivity index (χ4v) is 6.66. The number of hydrogen-bond acceptors (Lipinski definition) is 3. The normalized spacial score (nSPS) is 25.6. The van der Waals surface area contributed by atoms with Crippen LogP contribution in [0.2, 0.25) is 0 Å². The number of amides is 1. The molecule has 6 rings (SSSR count). The molecule has 3 aliphatic rings. The van der Waals surface area contributed by atoms with E-state index in [1.54, 1.807) is 0 Å². The van der Waals surface area contributed by atoms with Gasteiger partial charge in [0.15, 0.2) is 0 Å². The number of nitrogens with zero attached hydrogens (tertiary/aromatic N) is 3. The van der Waals surface area contributed by atoms with Gasteiger partial charge in [-0.05, 0) is 93.3 Å². The standard InChI is InChI=1S/C28H34N4O/c33-28(26-7-3-2-6-22(26)19-31-14-4-1-5-15-31)32-23-8-9-24(32)18-20(17-23)16-21-10-12-29-27-25(21)11-13-30-27/h2-3,6-7,10-13,20,23-24H,1,4-5,8-9,14-19H2,(H,29,30). The number of piperidine rings is 2. The van der Waals surface area contributed by atoms with Crippen molar-refractivity contribution in [1.82, 2.24) is 19.8 Å². The van der Waals surface area contributed by atoms with Gasteiger partial charge in [0, 0.05) is 42.0 Å². The fourth-order valence-electron chi connectivity index (χ4n) is 6.66. The van der Waals surface area contributed by atoms with Gasteiger partial charge in [0.2, 0.25) is 0 Å². The van der Waals surface area contributed by atoms with Gasteiger partial charge in [-0.2, -0.15) is 0 Å². The predicted molar refractivity (Wildman–Crippen MR) is 131 cm³/mol. The number of carbonyl (C=O) groups is 1.